The summed E-state index contributed by atoms with van der Waals surface area (Å²) in [6.07, 6.45) is -1.39. The molecule has 2 unspecified atom stereocenters. The molecule has 5 heteroatoms. The second kappa shape index (κ2) is 11.0. The number of hydrogen-bond donors (Lipinski definition) is 0. The number of hydrogen-bond acceptors (Lipinski definition) is 5. The summed E-state index contributed by atoms with van der Waals surface area (Å²) >= 11 is 0. The minimum atomic E-state index is -0.710. The van der Waals surface area contributed by atoms with Crippen LogP contribution < -0.4 is 4.74 Å². The first kappa shape index (κ1) is 27.0. The zero-order valence-corrected chi connectivity index (χ0v) is 22.2. The Hall–Kier alpha value is -3.60. The highest BCUT2D eigenvalue weighted by molar-refractivity contribution is 5.77. The Morgan fingerprint density at radius 1 is 0.583 bits per heavy atom. The maximum atomic E-state index is 13.1. The quantitative estimate of drug-likeness (QED) is 0.333. The van der Waals surface area contributed by atoms with Crippen LogP contribution in [-0.4, -0.2) is 19.0 Å². The molecule has 36 heavy (non-hydrogen) atoms. The Kier molecular flexibility index (Phi) is 8.24. The van der Waals surface area contributed by atoms with Gasteiger partial charge in [-0.3, -0.25) is 9.59 Å². The van der Waals surface area contributed by atoms with Gasteiger partial charge in [0.25, 0.3) is 0 Å². The fraction of sp³-hybridized carbons (Fsp3) is 0.355. The third kappa shape index (κ3) is 6.54. The highest BCUT2D eigenvalue weighted by Crippen LogP contribution is 2.38. The van der Waals surface area contributed by atoms with E-state index in [4.69, 9.17) is 14.2 Å². The Balaban J connectivity index is 2.17. The SMILES string of the molecule is COc1ccc(C(OC(=O)C(C)(C)C)c2ccccc2C(OC(=O)C(C)(C)C)c2ccccc2)cc1. The van der Waals surface area contributed by atoms with Crippen molar-refractivity contribution in [3.8, 4) is 5.75 Å². The average molecular weight is 489 g/mol. The molecule has 0 aliphatic heterocycles. The number of ether oxygens (including phenoxy) is 3. The molecule has 0 bridgehead atoms. The van der Waals surface area contributed by atoms with Crippen molar-refractivity contribution in [3.63, 3.8) is 0 Å². The van der Waals surface area contributed by atoms with Crippen LogP contribution in [0.25, 0.3) is 0 Å². The van der Waals surface area contributed by atoms with Crippen LogP contribution in [0.5, 0.6) is 5.75 Å². The molecule has 0 saturated carbocycles. The average Bonchev–Trinajstić information content (AvgIpc) is 2.85. The summed E-state index contributed by atoms with van der Waals surface area (Å²) in [5.41, 5.74) is 1.74. The second-order valence-electron chi connectivity index (χ2n) is 10.9. The van der Waals surface area contributed by atoms with Crippen molar-refractivity contribution in [2.24, 2.45) is 10.8 Å². The Morgan fingerprint density at radius 2 is 0.972 bits per heavy atom. The van der Waals surface area contributed by atoms with Crippen LogP contribution in [0.15, 0.2) is 78.9 Å². The van der Waals surface area contributed by atoms with E-state index in [0.717, 1.165) is 22.3 Å². The van der Waals surface area contributed by atoms with Crippen LogP contribution in [0.1, 0.15) is 76.0 Å². The van der Waals surface area contributed by atoms with Gasteiger partial charge in [-0.05, 0) is 64.8 Å². The van der Waals surface area contributed by atoms with Crippen molar-refractivity contribution < 1.29 is 23.8 Å². The molecule has 0 amide bonds. The summed E-state index contributed by atoms with van der Waals surface area (Å²) in [6.45, 7) is 11.0. The molecule has 190 valence electrons. The van der Waals surface area contributed by atoms with Crippen LogP contribution in [0.3, 0.4) is 0 Å². The van der Waals surface area contributed by atoms with E-state index in [0.29, 0.717) is 5.75 Å². The third-order valence-electron chi connectivity index (χ3n) is 5.76. The first-order valence-electron chi connectivity index (χ1n) is 12.1. The van der Waals surface area contributed by atoms with Crippen LogP contribution >= 0.6 is 0 Å². The van der Waals surface area contributed by atoms with Gasteiger partial charge < -0.3 is 14.2 Å². The van der Waals surface area contributed by atoms with Gasteiger partial charge in [0.15, 0.2) is 12.2 Å². The standard InChI is InChI=1S/C31H36O5/c1-30(2,3)28(32)35-26(21-13-9-8-10-14-21)24-15-11-12-16-25(24)27(36-29(33)31(4,5)6)22-17-19-23(34-7)20-18-22/h8-20,26-27H,1-7H3. The summed E-state index contributed by atoms with van der Waals surface area (Å²) < 4.78 is 17.6. The molecular formula is C31H36O5. The van der Waals surface area contributed by atoms with Gasteiger partial charge in [-0.2, -0.15) is 0 Å². The van der Waals surface area contributed by atoms with Crippen molar-refractivity contribution in [2.45, 2.75) is 53.8 Å². The maximum Gasteiger partial charge on any atom is 0.312 e. The zero-order chi connectivity index (χ0) is 26.5. The fourth-order valence-corrected chi connectivity index (χ4v) is 3.58. The molecule has 3 aromatic rings. The summed E-state index contributed by atoms with van der Waals surface area (Å²) in [7, 11) is 1.61. The van der Waals surface area contributed by atoms with Crippen LogP contribution in [0, 0.1) is 10.8 Å². The van der Waals surface area contributed by atoms with E-state index in [1.165, 1.54) is 0 Å². The molecule has 0 heterocycles. The van der Waals surface area contributed by atoms with Gasteiger partial charge in [0.1, 0.15) is 5.75 Å². The van der Waals surface area contributed by atoms with Crippen molar-refractivity contribution in [1.82, 2.24) is 0 Å². The molecule has 0 aromatic heterocycles. The minimum Gasteiger partial charge on any atom is -0.497 e. The largest absolute Gasteiger partial charge is 0.497 e. The van der Waals surface area contributed by atoms with Crippen LogP contribution in [-0.2, 0) is 19.1 Å². The van der Waals surface area contributed by atoms with Gasteiger partial charge >= 0.3 is 11.9 Å². The number of rotatable bonds is 7. The zero-order valence-electron chi connectivity index (χ0n) is 22.2. The summed E-state index contributed by atoms with van der Waals surface area (Å²) in [4.78, 5) is 26.1. The molecule has 2 atom stereocenters. The molecule has 5 nitrogen and oxygen atoms in total. The Morgan fingerprint density at radius 3 is 1.36 bits per heavy atom. The molecule has 0 aliphatic rings. The van der Waals surface area contributed by atoms with Gasteiger partial charge in [-0.15, -0.1) is 0 Å². The molecule has 0 aliphatic carbocycles. The lowest BCUT2D eigenvalue weighted by Gasteiger charge is -2.29. The van der Waals surface area contributed by atoms with Crippen LogP contribution in [0.2, 0.25) is 0 Å². The molecule has 0 radical (unpaired) electrons. The van der Waals surface area contributed by atoms with Crippen molar-refractivity contribution in [3.05, 3.63) is 101 Å². The number of benzene rings is 3. The van der Waals surface area contributed by atoms with E-state index in [9.17, 15) is 9.59 Å². The highest BCUT2D eigenvalue weighted by Gasteiger charge is 2.33. The van der Waals surface area contributed by atoms with E-state index < -0.39 is 23.0 Å². The molecule has 0 saturated heterocycles. The molecule has 3 rings (SSSR count). The Labute approximate surface area is 214 Å². The Bertz CT molecular complexity index is 1170. The molecule has 0 fully saturated rings. The minimum absolute atomic E-state index is 0.321. The summed E-state index contributed by atoms with van der Waals surface area (Å²) in [5.74, 6) is 0.0501. The van der Waals surface area contributed by atoms with Crippen molar-refractivity contribution >= 4 is 11.9 Å². The lowest BCUT2D eigenvalue weighted by atomic mass is 9.90. The molecule has 0 spiro atoms. The first-order valence-corrected chi connectivity index (χ1v) is 12.1. The van der Waals surface area contributed by atoms with Gasteiger partial charge in [-0.1, -0.05) is 66.7 Å². The normalized spacial score (nSPS) is 13.4. The van der Waals surface area contributed by atoms with Crippen molar-refractivity contribution in [2.75, 3.05) is 7.11 Å². The van der Waals surface area contributed by atoms with E-state index in [2.05, 4.69) is 0 Å². The predicted molar refractivity (Wildman–Crippen MR) is 141 cm³/mol. The highest BCUT2D eigenvalue weighted by atomic mass is 16.6. The maximum absolute atomic E-state index is 13.1. The van der Waals surface area contributed by atoms with Gasteiger partial charge in [0, 0.05) is 11.1 Å². The summed E-state index contributed by atoms with van der Waals surface area (Å²) in [6, 6.07) is 24.7. The summed E-state index contributed by atoms with van der Waals surface area (Å²) in [5, 5.41) is 0. The van der Waals surface area contributed by atoms with Crippen LogP contribution in [0.4, 0.5) is 0 Å². The van der Waals surface area contributed by atoms with E-state index >= 15 is 0 Å². The first-order chi connectivity index (χ1) is 16.9. The topological polar surface area (TPSA) is 61.8 Å². The second-order valence-corrected chi connectivity index (χ2v) is 10.9. The predicted octanol–water partition coefficient (Wildman–Crippen LogP) is 7.05. The third-order valence-corrected chi connectivity index (χ3v) is 5.76. The number of methoxy groups -OCH3 is 1. The monoisotopic (exact) mass is 488 g/mol. The van der Waals surface area contributed by atoms with E-state index in [1.54, 1.807) is 7.11 Å². The molecule has 3 aromatic carbocycles. The smallest absolute Gasteiger partial charge is 0.312 e. The molecular weight excluding hydrogens is 452 g/mol. The lowest BCUT2D eigenvalue weighted by molar-refractivity contribution is -0.159. The fourth-order valence-electron chi connectivity index (χ4n) is 3.58. The number of carbonyl (C=O) groups is 2. The number of carbonyl (C=O) groups excluding carboxylic acids is 2. The van der Waals surface area contributed by atoms with Gasteiger partial charge in [0.2, 0.25) is 0 Å². The number of esters is 2. The van der Waals surface area contributed by atoms with E-state index in [-0.39, 0.29) is 11.9 Å². The van der Waals surface area contributed by atoms with Crippen molar-refractivity contribution in [1.29, 1.82) is 0 Å². The molecule has 0 N–H and O–H groups in total. The van der Waals surface area contributed by atoms with Gasteiger partial charge in [-0.25, -0.2) is 0 Å². The lowest BCUT2D eigenvalue weighted by Crippen LogP contribution is -2.28. The van der Waals surface area contributed by atoms with E-state index in [1.807, 2.05) is 120 Å². The van der Waals surface area contributed by atoms with Gasteiger partial charge in [0.05, 0.1) is 17.9 Å².